The molecule has 0 amide bonds. The molecule has 4 heteroatoms. The number of rotatable bonds is 6. The highest BCUT2D eigenvalue weighted by molar-refractivity contribution is 5.80. The van der Waals surface area contributed by atoms with Gasteiger partial charge in [0.05, 0.1) is 7.11 Å². The SMILES string of the molecule is CCC1CCCCCN1CCC(C)(NC)C(=O)OC. The van der Waals surface area contributed by atoms with Gasteiger partial charge in [-0.2, -0.15) is 0 Å². The number of ether oxygens (including phenoxy) is 1. The van der Waals surface area contributed by atoms with Crippen molar-refractivity contribution in [1.29, 1.82) is 0 Å². The van der Waals surface area contributed by atoms with Crippen molar-refractivity contribution in [1.82, 2.24) is 10.2 Å². The molecule has 1 heterocycles. The summed E-state index contributed by atoms with van der Waals surface area (Å²) in [6, 6.07) is 0.682. The maximum Gasteiger partial charge on any atom is 0.325 e. The Morgan fingerprint density at radius 2 is 2.16 bits per heavy atom. The van der Waals surface area contributed by atoms with E-state index < -0.39 is 5.54 Å². The van der Waals surface area contributed by atoms with Gasteiger partial charge >= 0.3 is 5.97 Å². The summed E-state index contributed by atoms with van der Waals surface area (Å²) >= 11 is 0. The number of hydrogen-bond donors (Lipinski definition) is 1. The third kappa shape index (κ3) is 4.46. The maximum atomic E-state index is 11.9. The Morgan fingerprint density at radius 1 is 1.42 bits per heavy atom. The van der Waals surface area contributed by atoms with Crippen LogP contribution in [0.25, 0.3) is 0 Å². The van der Waals surface area contributed by atoms with E-state index in [-0.39, 0.29) is 5.97 Å². The first-order valence-corrected chi connectivity index (χ1v) is 7.58. The minimum Gasteiger partial charge on any atom is -0.468 e. The predicted molar refractivity (Wildman–Crippen MR) is 78.2 cm³/mol. The lowest BCUT2D eigenvalue weighted by Gasteiger charge is -2.33. The second-order valence-corrected chi connectivity index (χ2v) is 5.77. The predicted octanol–water partition coefficient (Wildman–Crippen LogP) is 2.18. The molecule has 112 valence electrons. The molecule has 0 aliphatic carbocycles. The normalized spacial score (nSPS) is 24.5. The van der Waals surface area contributed by atoms with Crippen LogP contribution in [-0.4, -0.2) is 49.7 Å². The van der Waals surface area contributed by atoms with E-state index >= 15 is 0 Å². The van der Waals surface area contributed by atoms with Gasteiger partial charge < -0.3 is 15.0 Å². The van der Waals surface area contributed by atoms with Crippen molar-refractivity contribution in [3.8, 4) is 0 Å². The van der Waals surface area contributed by atoms with Crippen molar-refractivity contribution in [2.45, 2.75) is 64.0 Å². The fourth-order valence-electron chi connectivity index (χ4n) is 2.92. The number of likely N-dealkylation sites (tertiary alicyclic amines) is 1. The molecule has 0 aromatic carbocycles. The van der Waals surface area contributed by atoms with Gasteiger partial charge in [0.1, 0.15) is 5.54 Å². The number of likely N-dealkylation sites (N-methyl/N-ethyl adjacent to an activating group) is 1. The highest BCUT2D eigenvalue weighted by atomic mass is 16.5. The van der Waals surface area contributed by atoms with Gasteiger partial charge in [0, 0.05) is 12.6 Å². The van der Waals surface area contributed by atoms with Crippen molar-refractivity contribution >= 4 is 5.97 Å². The second-order valence-electron chi connectivity index (χ2n) is 5.77. The lowest BCUT2D eigenvalue weighted by molar-refractivity contribution is -0.148. The Bertz CT molecular complexity index is 283. The third-order valence-electron chi connectivity index (χ3n) is 4.56. The summed E-state index contributed by atoms with van der Waals surface area (Å²) in [5.41, 5.74) is -0.570. The van der Waals surface area contributed by atoms with Crippen LogP contribution in [-0.2, 0) is 9.53 Å². The molecule has 1 fully saturated rings. The number of methoxy groups -OCH3 is 1. The summed E-state index contributed by atoms with van der Waals surface area (Å²) in [5.74, 6) is -0.169. The molecule has 0 spiro atoms. The summed E-state index contributed by atoms with van der Waals surface area (Å²) in [6.07, 6.45) is 7.26. The van der Waals surface area contributed by atoms with Crippen molar-refractivity contribution in [3.05, 3.63) is 0 Å². The standard InChI is InChI=1S/C15H30N2O2/c1-5-13-9-7-6-8-11-17(13)12-10-15(2,16-3)14(18)19-4/h13,16H,5-12H2,1-4H3. The van der Waals surface area contributed by atoms with E-state index in [9.17, 15) is 4.79 Å². The molecular formula is C15H30N2O2. The average Bonchev–Trinajstić information content (AvgIpc) is 2.68. The van der Waals surface area contributed by atoms with E-state index in [0.717, 1.165) is 13.0 Å². The Hall–Kier alpha value is -0.610. The van der Waals surface area contributed by atoms with Gasteiger partial charge in [-0.1, -0.05) is 19.8 Å². The minimum atomic E-state index is -0.570. The zero-order valence-electron chi connectivity index (χ0n) is 13.0. The first-order chi connectivity index (χ1) is 9.07. The molecule has 19 heavy (non-hydrogen) atoms. The molecule has 1 aliphatic rings. The molecule has 1 N–H and O–H groups in total. The van der Waals surface area contributed by atoms with E-state index in [1.54, 1.807) is 0 Å². The van der Waals surface area contributed by atoms with Crippen LogP contribution in [0, 0.1) is 0 Å². The van der Waals surface area contributed by atoms with Crippen LogP contribution in [0.5, 0.6) is 0 Å². The molecule has 0 radical (unpaired) electrons. The average molecular weight is 270 g/mol. The molecule has 2 atom stereocenters. The fraction of sp³-hybridized carbons (Fsp3) is 0.933. The van der Waals surface area contributed by atoms with E-state index in [2.05, 4.69) is 17.1 Å². The van der Waals surface area contributed by atoms with Crippen LogP contribution >= 0.6 is 0 Å². The van der Waals surface area contributed by atoms with Crippen LogP contribution in [0.1, 0.15) is 52.4 Å². The number of hydrogen-bond acceptors (Lipinski definition) is 4. The number of carbonyl (C=O) groups excluding carboxylic acids is 1. The molecule has 0 aromatic heterocycles. The maximum absolute atomic E-state index is 11.9. The fourth-order valence-corrected chi connectivity index (χ4v) is 2.92. The van der Waals surface area contributed by atoms with Crippen LogP contribution in [0.4, 0.5) is 0 Å². The largest absolute Gasteiger partial charge is 0.468 e. The zero-order valence-corrected chi connectivity index (χ0v) is 13.0. The van der Waals surface area contributed by atoms with E-state index in [0.29, 0.717) is 6.04 Å². The van der Waals surface area contributed by atoms with E-state index in [4.69, 9.17) is 4.74 Å². The van der Waals surface area contributed by atoms with Gasteiger partial charge in [-0.25, -0.2) is 0 Å². The molecule has 1 aliphatic heterocycles. The van der Waals surface area contributed by atoms with E-state index in [1.165, 1.54) is 45.8 Å². The molecular weight excluding hydrogens is 240 g/mol. The van der Waals surface area contributed by atoms with Gasteiger partial charge in [-0.15, -0.1) is 0 Å². The number of nitrogens with zero attached hydrogens (tertiary/aromatic N) is 1. The third-order valence-corrected chi connectivity index (χ3v) is 4.56. The lowest BCUT2D eigenvalue weighted by Crippen LogP contribution is -2.51. The number of carbonyl (C=O) groups is 1. The first-order valence-electron chi connectivity index (χ1n) is 7.58. The van der Waals surface area contributed by atoms with Crippen LogP contribution < -0.4 is 5.32 Å². The van der Waals surface area contributed by atoms with Crippen molar-refractivity contribution < 1.29 is 9.53 Å². The molecule has 4 nitrogen and oxygen atoms in total. The Labute approximate surface area is 117 Å². The summed E-state index contributed by atoms with van der Waals surface area (Å²) in [7, 11) is 3.29. The van der Waals surface area contributed by atoms with Gasteiger partial charge in [0.2, 0.25) is 0 Å². The van der Waals surface area contributed by atoms with Gasteiger partial charge in [0.25, 0.3) is 0 Å². The summed E-state index contributed by atoms with van der Waals surface area (Å²) in [5, 5.41) is 3.12. The van der Waals surface area contributed by atoms with Crippen molar-refractivity contribution in [3.63, 3.8) is 0 Å². The van der Waals surface area contributed by atoms with Gasteiger partial charge in [0.15, 0.2) is 0 Å². The Morgan fingerprint density at radius 3 is 2.74 bits per heavy atom. The van der Waals surface area contributed by atoms with Crippen LogP contribution in [0.3, 0.4) is 0 Å². The highest BCUT2D eigenvalue weighted by Gasteiger charge is 2.33. The zero-order chi connectivity index (χ0) is 14.3. The lowest BCUT2D eigenvalue weighted by atomic mass is 9.97. The smallest absolute Gasteiger partial charge is 0.325 e. The topological polar surface area (TPSA) is 41.6 Å². The Balaban J connectivity index is 2.58. The van der Waals surface area contributed by atoms with Crippen molar-refractivity contribution in [2.24, 2.45) is 0 Å². The van der Waals surface area contributed by atoms with Crippen molar-refractivity contribution in [2.75, 3.05) is 27.2 Å². The first kappa shape index (κ1) is 16.4. The molecule has 0 aromatic rings. The summed E-state index contributed by atoms with van der Waals surface area (Å²) in [4.78, 5) is 14.4. The second kappa shape index (κ2) is 7.85. The molecule has 1 saturated heterocycles. The van der Waals surface area contributed by atoms with Gasteiger partial charge in [-0.05, 0) is 46.2 Å². The quantitative estimate of drug-likeness (QED) is 0.751. The Kier molecular flexibility index (Phi) is 6.80. The van der Waals surface area contributed by atoms with E-state index in [1.807, 2.05) is 14.0 Å². The van der Waals surface area contributed by atoms with Gasteiger partial charge in [-0.3, -0.25) is 4.79 Å². The van der Waals surface area contributed by atoms with Crippen LogP contribution in [0.15, 0.2) is 0 Å². The number of esters is 1. The molecule has 0 bridgehead atoms. The monoisotopic (exact) mass is 270 g/mol. The number of nitrogens with one attached hydrogen (secondary N) is 1. The molecule has 1 rings (SSSR count). The summed E-state index contributed by atoms with van der Waals surface area (Å²) < 4.78 is 4.90. The molecule has 2 unspecified atom stereocenters. The minimum absolute atomic E-state index is 0.169. The van der Waals surface area contributed by atoms with Crippen LogP contribution in [0.2, 0.25) is 0 Å². The highest BCUT2D eigenvalue weighted by Crippen LogP contribution is 2.21. The summed E-state index contributed by atoms with van der Waals surface area (Å²) in [6.45, 7) is 6.32. The molecule has 0 saturated carbocycles.